The first-order chi connectivity index (χ1) is 17.7. The summed E-state index contributed by atoms with van der Waals surface area (Å²) in [4.78, 5) is 22.9. The number of benzene rings is 2. The van der Waals surface area contributed by atoms with Gasteiger partial charge in [0.15, 0.2) is 11.5 Å². The number of nitro benzene ring substituents is 1. The van der Waals surface area contributed by atoms with E-state index >= 15 is 0 Å². The first-order valence-electron chi connectivity index (χ1n) is 10.8. The van der Waals surface area contributed by atoms with Crippen molar-refractivity contribution in [1.29, 1.82) is 5.26 Å². The van der Waals surface area contributed by atoms with Crippen LogP contribution in [0.25, 0.3) is 6.08 Å². The predicted octanol–water partition coefficient (Wildman–Crippen LogP) is 3.76. The first-order valence-corrected chi connectivity index (χ1v) is 13.3. The van der Waals surface area contributed by atoms with Crippen molar-refractivity contribution in [2.45, 2.75) is 24.8 Å². The van der Waals surface area contributed by atoms with Crippen molar-refractivity contribution >= 4 is 44.0 Å². The van der Waals surface area contributed by atoms with Gasteiger partial charge in [-0.15, -0.1) is 10.2 Å². The van der Waals surface area contributed by atoms with Crippen LogP contribution in [-0.2, 0) is 21.2 Å². The third-order valence-electron chi connectivity index (χ3n) is 4.76. The normalized spacial score (nSPS) is 11.4. The Bertz CT molecular complexity index is 1480. The molecular formula is C23H21N5O7S2. The largest absolute Gasteiger partial charge is 0.490 e. The van der Waals surface area contributed by atoms with Crippen molar-refractivity contribution in [2.75, 3.05) is 17.7 Å². The van der Waals surface area contributed by atoms with Gasteiger partial charge in [-0.05, 0) is 48.4 Å². The van der Waals surface area contributed by atoms with E-state index in [1.54, 1.807) is 37.3 Å². The monoisotopic (exact) mass is 543 g/mol. The van der Waals surface area contributed by atoms with Crippen molar-refractivity contribution in [3.63, 3.8) is 0 Å². The zero-order valence-corrected chi connectivity index (χ0v) is 21.3. The van der Waals surface area contributed by atoms with E-state index in [0.29, 0.717) is 40.6 Å². The molecular weight excluding hydrogens is 522 g/mol. The molecule has 0 fully saturated rings. The van der Waals surface area contributed by atoms with Crippen molar-refractivity contribution in [3.8, 4) is 17.6 Å². The summed E-state index contributed by atoms with van der Waals surface area (Å²) >= 11 is 0.695. The molecule has 0 spiro atoms. The smallest absolute Gasteiger partial charge is 0.269 e. The second-order valence-corrected chi connectivity index (χ2v) is 10.7. The zero-order valence-electron chi connectivity index (χ0n) is 19.7. The number of anilines is 1. The highest BCUT2D eigenvalue weighted by molar-refractivity contribution is 7.93. The Morgan fingerprint density at radius 2 is 1.89 bits per heavy atom. The Balaban J connectivity index is 1.75. The third kappa shape index (κ3) is 7.09. The molecule has 3 rings (SSSR count). The van der Waals surface area contributed by atoms with Crippen LogP contribution in [0.1, 0.15) is 25.0 Å². The average molecular weight is 544 g/mol. The minimum atomic E-state index is -3.57. The van der Waals surface area contributed by atoms with Crippen LogP contribution in [0.15, 0.2) is 52.4 Å². The number of rotatable bonds is 11. The molecule has 1 N–H and O–H groups in total. The topological polar surface area (TPSA) is 174 Å². The van der Waals surface area contributed by atoms with E-state index < -0.39 is 20.7 Å². The lowest BCUT2D eigenvalue weighted by Gasteiger charge is -2.13. The molecule has 3 aromatic rings. The Kier molecular flexibility index (Phi) is 8.88. The molecule has 1 amide bonds. The van der Waals surface area contributed by atoms with E-state index in [0.717, 1.165) is 0 Å². The number of sulfone groups is 1. The number of non-ortho nitro benzene ring substituents is 1. The van der Waals surface area contributed by atoms with Gasteiger partial charge in [0.25, 0.3) is 11.6 Å². The molecule has 2 aromatic carbocycles. The summed E-state index contributed by atoms with van der Waals surface area (Å²) in [6, 6.07) is 12.6. The molecule has 0 saturated heterocycles. The van der Waals surface area contributed by atoms with Gasteiger partial charge in [0.1, 0.15) is 18.2 Å². The number of nitrogens with one attached hydrogen (secondary N) is 1. The molecule has 0 aliphatic heterocycles. The molecule has 0 atom stereocenters. The number of nitriles is 1. The molecule has 192 valence electrons. The van der Waals surface area contributed by atoms with Crippen molar-refractivity contribution < 1.29 is 27.6 Å². The van der Waals surface area contributed by atoms with E-state index in [2.05, 4.69) is 15.5 Å². The standard InChI is InChI=1S/C23H21N5O7S2/c1-3-34-20-12-16(7-10-19(20)35-14-15-5-8-18(9-6-15)28(30)31)11-17(13-24)21(29)25-22-26-27-23(36-22)37(32,33)4-2/h5-12H,3-4,14H2,1-2H3,(H,25,26,29). The zero-order chi connectivity index (χ0) is 27.0. The third-order valence-corrected chi connectivity index (χ3v) is 7.78. The highest BCUT2D eigenvalue weighted by atomic mass is 32.2. The lowest BCUT2D eigenvalue weighted by Crippen LogP contribution is -2.13. The highest BCUT2D eigenvalue weighted by Crippen LogP contribution is 2.30. The van der Waals surface area contributed by atoms with Gasteiger partial charge in [0.2, 0.25) is 19.3 Å². The Labute approximate surface area is 216 Å². The van der Waals surface area contributed by atoms with Gasteiger partial charge in [0, 0.05) is 12.1 Å². The number of aromatic nitrogens is 2. The summed E-state index contributed by atoms with van der Waals surface area (Å²) in [6.45, 7) is 3.71. The van der Waals surface area contributed by atoms with E-state index in [-0.39, 0.29) is 33.1 Å². The SMILES string of the molecule is CCOc1cc(C=C(C#N)C(=O)Nc2nnc(S(=O)(=O)CC)s2)ccc1OCc1ccc([N+](=O)[O-])cc1. The van der Waals surface area contributed by atoms with Crippen LogP contribution in [-0.4, -0.2) is 41.8 Å². The van der Waals surface area contributed by atoms with Crippen LogP contribution in [0, 0.1) is 21.4 Å². The summed E-state index contributed by atoms with van der Waals surface area (Å²) in [7, 11) is -3.57. The van der Waals surface area contributed by atoms with Crippen LogP contribution in [0.5, 0.6) is 11.5 Å². The van der Waals surface area contributed by atoms with Crippen LogP contribution in [0.4, 0.5) is 10.8 Å². The highest BCUT2D eigenvalue weighted by Gasteiger charge is 2.20. The summed E-state index contributed by atoms with van der Waals surface area (Å²) in [6.07, 6.45) is 1.34. The molecule has 0 aliphatic carbocycles. The number of nitrogens with zero attached hydrogens (tertiary/aromatic N) is 4. The number of hydrogen-bond acceptors (Lipinski definition) is 11. The lowest BCUT2D eigenvalue weighted by atomic mass is 10.1. The number of carbonyl (C=O) groups is 1. The Morgan fingerprint density at radius 1 is 1.16 bits per heavy atom. The minimum Gasteiger partial charge on any atom is -0.490 e. The van der Waals surface area contributed by atoms with Crippen LogP contribution in [0.2, 0.25) is 0 Å². The fraction of sp³-hybridized carbons (Fsp3) is 0.217. The van der Waals surface area contributed by atoms with E-state index in [4.69, 9.17) is 9.47 Å². The second-order valence-electron chi connectivity index (χ2n) is 7.25. The van der Waals surface area contributed by atoms with Gasteiger partial charge in [0.05, 0.1) is 17.3 Å². The molecule has 0 unspecified atom stereocenters. The first kappa shape index (κ1) is 27.2. The molecule has 12 nitrogen and oxygen atoms in total. The maximum atomic E-state index is 12.6. The molecule has 0 aliphatic rings. The van der Waals surface area contributed by atoms with Crippen LogP contribution in [0.3, 0.4) is 0 Å². The number of amides is 1. The van der Waals surface area contributed by atoms with Gasteiger partial charge in [-0.1, -0.05) is 24.3 Å². The second kappa shape index (κ2) is 12.1. The molecule has 0 bridgehead atoms. The number of carbonyl (C=O) groups excluding carboxylic acids is 1. The van der Waals surface area contributed by atoms with E-state index in [1.807, 2.05) is 6.07 Å². The van der Waals surface area contributed by atoms with Gasteiger partial charge in [-0.3, -0.25) is 20.2 Å². The van der Waals surface area contributed by atoms with Gasteiger partial charge in [-0.2, -0.15) is 5.26 Å². The average Bonchev–Trinajstić information content (AvgIpc) is 3.36. The summed E-state index contributed by atoms with van der Waals surface area (Å²) in [5.74, 6) is -0.168. The van der Waals surface area contributed by atoms with E-state index in [9.17, 15) is 28.6 Å². The molecule has 1 heterocycles. The predicted molar refractivity (Wildman–Crippen MR) is 135 cm³/mol. The molecule has 0 saturated carbocycles. The van der Waals surface area contributed by atoms with Gasteiger partial charge >= 0.3 is 0 Å². The quantitative estimate of drug-likeness (QED) is 0.123. The summed E-state index contributed by atoms with van der Waals surface area (Å²) in [5, 5.41) is 29.9. The number of hydrogen-bond donors (Lipinski definition) is 1. The van der Waals surface area contributed by atoms with Gasteiger partial charge < -0.3 is 9.47 Å². The molecule has 37 heavy (non-hydrogen) atoms. The fourth-order valence-electron chi connectivity index (χ4n) is 2.87. The number of ether oxygens (including phenoxy) is 2. The van der Waals surface area contributed by atoms with Crippen molar-refractivity contribution in [1.82, 2.24) is 10.2 Å². The Hall–Kier alpha value is -4.35. The Morgan fingerprint density at radius 3 is 2.51 bits per heavy atom. The van der Waals surface area contributed by atoms with Crippen LogP contribution >= 0.6 is 11.3 Å². The summed E-state index contributed by atoms with van der Waals surface area (Å²) in [5.41, 5.74) is 0.915. The van der Waals surface area contributed by atoms with Crippen molar-refractivity contribution in [2.24, 2.45) is 0 Å². The van der Waals surface area contributed by atoms with Gasteiger partial charge in [-0.25, -0.2) is 8.42 Å². The maximum absolute atomic E-state index is 12.6. The van der Waals surface area contributed by atoms with Crippen LogP contribution < -0.4 is 14.8 Å². The van der Waals surface area contributed by atoms with E-state index in [1.165, 1.54) is 25.1 Å². The fourth-order valence-corrected chi connectivity index (χ4v) is 4.85. The maximum Gasteiger partial charge on any atom is 0.269 e. The molecule has 14 heteroatoms. The lowest BCUT2D eigenvalue weighted by molar-refractivity contribution is -0.384. The summed E-state index contributed by atoms with van der Waals surface area (Å²) < 4.78 is 35.0. The van der Waals surface area contributed by atoms with Crippen molar-refractivity contribution in [3.05, 3.63) is 69.3 Å². The minimum absolute atomic E-state index is 0.0233. The number of nitro groups is 1. The molecule has 1 aromatic heterocycles. The molecule has 0 radical (unpaired) electrons.